The van der Waals surface area contributed by atoms with Gasteiger partial charge in [-0.3, -0.25) is 10.1 Å². The van der Waals surface area contributed by atoms with Crippen LogP contribution in [0.15, 0.2) is 54.2 Å². The van der Waals surface area contributed by atoms with Crippen LogP contribution in [0.4, 0.5) is 10.1 Å². The summed E-state index contributed by atoms with van der Waals surface area (Å²) in [4.78, 5) is 25.0. The first-order chi connectivity index (χ1) is 13.5. The molecule has 0 aliphatic carbocycles. The third-order valence-corrected chi connectivity index (χ3v) is 5.38. The molecule has 3 aliphatic heterocycles. The van der Waals surface area contributed by atoms with Gasteiger partial charge in [0, 0.05) is 36.7 Å². The Kier molecular flexibility index (Phi) is 4.81. The van der Waals surface area contributed by atoms with Crippen LogP contribution in [0.3, 0.4) is 0 Å². The average molecular weight is 382 g/mol. The minimum Gasteiger partial charge on any atom is -0.452 e. The molecule has 3 aliphatic rings. The maximum absolute atomic E-state index is 14.1. The van der Waals surface area contributed by atoms with E-state index in [0.29, 0.717) is 5.56 Å². The average Bonchev–Trinajstić information content (AvgIpc) is 2.72. The van der Waals surface area contributed by atoms with Gasteiger partial charge in [-0.15, -0.1) is 0 Å². The first-order valence-electron chi connectivity index (χ1n) is 9.19. The van der Waals surface area contributed by atoms with E-state index in [0.717, 1.165) is 31.6 Å². The van der Waals surface area contributed by atoms with E-state index in [9.17, 15) is 19.3 Å². The molecule has 0 aromatic heterocycles. The molecule has 0 radical (unpaired) electrons. The van der Waals surface area contributed by atoms with E-state index in [2.05, 4.69) is 4.90 Å². The number of nitrogens with zero attached hydrogens (tertiary/aromatic N) is 2. The third kappa shape index (κ3) is 3.47. The highest BCUT2D eigenvalue weighted by atomic mass is 19.1. The van der Waals surface area contributed by atoms with Gasteiger partial charge in [-0.25, -0.2) is 9.18 Å². The van der Waals surface area contributed by atoms with Crippen LogP contribution in [-0.2, 0) is 4.74 Å². The van der Waals surface area contributed by atoms with Crippen molar-refractivity contribution in [3.63, 3.8) is 0 Å². The van der Waals surface area contributed by atoms with E-state index < -0.39 is 17.0 Å². The second-order valence-corrected chi connectivity index (χ2v) is 7.05. The van der Waals surface area contributed by atoms with E-state index in [1.54, 1.807) is 24.3 Å². The number of benzene rings is 2. The van der Waals surface area contributed by atoms with Gasteiger partial charge in [0.1, 0.15) is 11.9 Å². The number of rotatable bonds is 4. The number of carbonyl (C=O) groups is 1. The normalized spacial score (nSPS) is 22.3. The van der Waals surface area contributed by atoms with E-state index in [1.165, 1.54) is 30.3 Å². The van der Waals surface area contributed by atoms with Crippen LogP contribution < -0.4 is 0 Å². The monoisotopic (exact) mass is 382 g/mol. The molecule has 3 saturated heterocycles. The summed E-state index contributed by atoms with van der Waals surface area (Å²) in [5.41, 5.74) is 1.44. The van der Waals surface area contributed by atoms with Crippen molar-refractivity contribution >= 4 is 17.7 Å². The Morgan fingerprint density at radius 2 is 1.82 bits per heavy atom. The summed E-state index contributed by atoms with van der Waals surface area (Å²) in [7, 11) is 0. The van der Waals surface area contributed by atoms with Gasteiger partial charge < -0.3 is 9.64 Å². The predicted molar refractivity (Wildman–Crippen MR) is 101 cm³/mol. The van der Waals surface area contributed by atoms with Gasteiger partial charge >= 0.3 is 5.97 Å². The molecule has 1 atom stereocenters. The molecule has 0 spiro atoms. The molecule has 2 aromatic carbocycles. The number of nitro groups is 1. The van der Waals surface area contributed by atoms with Crippen molar-refractivity contribution < 1.29 is 18.8 Å². The van der Waals surface area contributed by atoms with E-state index in [4.69, 9.17) is 4.74 Å². The number of fused-ring (bicyclic) bond motifs is 3. The van der Waals surface area contributed by atoms with Gasteiger partial charge in [-0.2, -0.15) is 0 Å². The van der Waals surface area contributed by atoms with Gasteiger partial charge in [0.15, 0.2) is 0 Å². The number of hydrogen-bond acceptors (Lipinski definition) is 5. The Balaban J connectivity index is 1.60. The molecule has 0 saturated carbocycles. The number of carbonyl (C=O) groups excluding carboxylic acids is 1. The highest BCUT2D eigenvalue weighted by Gasteiger charge is 2.40. The van der Waals surface area contributed by atoms with Crippen molar-refractivity contribution in [2.45, 2.75) is 18.9 Å². The topological polar surface area (TPSA) is 72.7 Å². The lowest BCUT2D eigenvalue weighted by molar-refractivity contribution is -0.384. The summed E-state index contributed by atoms with van der Waals surface area (Å²) in [6, 6.07) is 11.8. The zero-order valence-electron chi connectivity index (χ0n) is 15.1. The van der Waals surface area contributed by atoms with Crippen LogP contribution >= 0.6 is 0 Å². The Hall–Kier alpha value is -3.22. The molecule has 0 unspecified atom stereocenters. The number of non-ortho nitro benzene ring substituents is 1. The smallest absolute Gasteiger partial charge is 0.338 e. The van der Waals surface area contributed by atoms with Crippen LogP contribution in [0.5, 0.6) is 0 Å². The largest absolute Gasteiger partial charge is 0.452 e. The number of halogens is 1. The standard InChI is InChI=1S/C21H19FN2O4/c22-18-4-2-1-3-16(18)13-19-20(14-9-11-23(19)12-10-14)28-21(25)15-5-7-17(8-6-15)24(26)27/h1-8,13-14,20H,9-12H2/b19-13-/t20-/m1/s1. The van der Waals surface area contributed by atoms with Gasteiger partial charge in [0.2, 0.25) is 0 Å². The summed E-state index contributed by atoms with van der Waals surface area (Å²) in [5, 5.41) is 10.8. The minimum atomic E-state index is -0.534. The van der Waals surface area contributed by atoms with Crippen molar-refractivity contribution in [1.82, 2.24) is 4.90 Å². The molecule has 5 rings (SSSR count). The van der Waals surface area contributed by atoms with Crippen LogP contribution in [0.2, 0.25) is 0 Å². The quantitative estimate of drug-likeness (QED) is 0.454. The van der Waals surface area contributed by atoms with Crippen molar-refractivity contribution in [2.24, 2.45) is 5.92 Å². The third-order valence-electron chi connectivity index (χ3n) is 5.38. The molecule has 28 heavy (non-hydrogen) atoms. The first kappa shape index (κ1) is 18.2. The second kappa shape index (κ2) is 7.42. The molecule has 144 valence electrons. The second-order valence-electron chi connectivity index (χ2n) is 7.05. The molecule has 3 fully saturated rings. The fourth-order valence-corrected chi connectivity index (χ4v) is 3.87. The Morgan fingerprint density at radius 1 is 1.14 bits per heavy atom. The van der Waals surface area contributed by atoms with Crippen LogP contribution in [0.25, 0.3) is 6.08 Å². The van der Waals surface area contributed by atoms with E-state index in [-0.39, 0.29) is 23.0 Å². The predicted octanol–water partition coefficient (Wildman–Crippen LogP) is 4.03. The maximum Gasteiger partial charge on any atom is 0.338 e. The lowest BCUT2D eigenvalue weighted by Crippen LogP contribution is -2.50. The van der Waals surface area contributed by atoms with E-state index in [1.807, 2.05) is 0 Å². The number of piperidine rings is 3. The van der Waals surface area contributed by atoms with Gasteiger partial charge in [-0.05, 0) is 37.1 Å². The Bertz CT molecular complexity index is 934. The fraction of sp³-hybridized carbons (Fsp3) is 0.286. The molecule has 3 heterocycles. The molecule has 2 aromatic rings. The molecule has 0 amide bonds. The van der Waals surface area contributed by atoms with Gasteiger partial charge in [-0.1, -0.05) is 18.2 Å². The lowest BCUT2D eigenvalue weighted by Gasteiger charge is -2.47. The summed E-state index contributed by atoms with van der Waals surface area (Å²) in [6.07, 6.45) is 3.12. The van der Waals surface area contributed by atoms with Gasteiger partial charge in [0.25, 0.3) is 5.69 Å². The highest BCUT2D eigenvalue weighted by Crippen LogP contribution is 2.38. The molecule has 2 bridgehead atoms. The summed E-state index contributed by atoms with van der Waals surface area (Å²) < 4.78 is 19.9. The number of ether oxygens (including phenoxy) is 1. The zero-order valence-corrected chi connectivity index (χ0v) is 15.1. The highest BCUT2D eigenvalue weighted by molar-refractivity contribution is 5.90. The van der Waals surface area contributed by atoms with Crippen molar-refractivity contribution in [2.75, 3.05) is 13.1 Å². The van der Waals surface area contributed by atoms with Gasteiger partial charge in [0.05, 0.1) is 16.2 Å². The van der Waals surface area contributed by atoms with Crippen LogP contribution in [0.1, 0.15) is 28.8 Å². The summed E-state index contributed by atoms with van der Waals surface area (Å²) in [5.74, 6) is -0.670. The lowest BCUT2D eigenvalue weighted by atomic mass is 9.82. The zero-order chi connectivity index (χ0) is 19.7. The number of hydrogen-bond donors (Lipinski definition) is 0. The molecule has 0 N–H and O–H groups in total. The minimum absolute atomic E-state index is 0.0838. The van der Waals surface area contributed by atoms with Crippen molar-refractivity contribution in [3.8, 4) is 0 Å². The van der Waals surface area contributed by atoms with Crippen LogP contribution in [-0.4, -0.2) is 35.0 Å². The SMILES string of the molecule is O=C(O[C@H]1/C(=C/c2ccccc2F)N2CCC1CC2)c1ccc([N+](=O)[O-])cc1. The molecule has 7 heteroatoms. The number of nitro benzene ring substituents is 1. The Labute approximate surface area is 161 Å². The van der Waals surface area contributed by atoms with Crippen molar-refractivity contribution in [3.05, 3.63) is 81.3 Å². The molecular formula is C21H19FN2O4. The molecular weight excluding hydrogens is 363 g/mol. The van der Waals surface area contributed by atoms with Crippen LogP contribution in [0, 0.1) is 21.8 Å². The first-order valence-corrected chi connectivity index (χ1v) is 9.19. The number of esters is 1. The fourth-order valence-electron chi connectivity index (χ4n) is 3.87. The molecule has 6 nitrogen and oxygen atoms in total. The van der Waals surface area contributed by atoms with E-state index >= 15 is 0 Å². The van der Waals surface area contributed by atoms with Crippen molar-refractivity contribution in [1.29, 1.82) is 0 Å². The summed E-state index contributed by atoms with van der Waals surface area (Å²) >= 11 is 0. The summed E-state index contributed by atoms with van der Waals surface area (Å²) in [6.45, 7) is 1.72. The maximum atomic E-state index is 14.1. The Morgan fingerprint density at radius 3 is 2.46 bits per heavy atom.